The Balaban J connectivity index is 1.58. The number of nitrogens with zero attached hydrogens (tertiary/aromatic N) is 4. The summed E-state index contributed by atoms with van der Waals surface area (Å²) >= 11 is 0. The number of H-pyrrole nitrogens is 1. The average molecular weight is 396 g/mol. The summed E-state index contributed by atoms with van der Waals surface area (Å²) in [6, 6.07) is 24.6. The number of halogens is 1. The van der Waals surface area contributed by atoms with Gasteiger partial charge in [0.1, 0.15) is 12.5 Å². The van der Waals surface area contributed by atoms with Crippen LogP contribution in [-0.2, 0) is 6.67 Å². The second-order valence-electron chi connectivity index (χ2n) is 6.70. The fourth-order valence-electron chi connectivity index (χ4n) is 3.30. The van der Waals surface area contributed by atoms with Crippen LogP contribution in [0.2, 0.25) is 0 Å². The molecule has 0 bridgehead atoms. The first-order chi connectivity index (χ1) is 14.8. The first-order valence-electron chi connectivity index (χ1n) is 9.48. The van der Waals surface area contributed by atoms with Crippen LogP contribution in [0.1, 0.15) is 5.56 Å². The van der Waals surface area contributed by atoms with Crippen molar-refractivity contribution in [3.63, 3.8) is 0 Å². The second-order valence-corrected chi connectivity index (χ2v) is 6.70. The van der Waals surface area contributed by atoms with Crippen molar-refractivity contribution >= 4 is 22.7 Å². The van der Waals surface area contributed by atoms with E-state index in [0.717, 1.165) is 16.5 Å². The van der Waals surface area contributed by atoms with Crippen LogP contribution >= 0.6 is 0 Å². The van der Waals surface area contributed by atoms with Gasteiger partial charge in [-0.25, -0.2) is 14.4 Å². The van der Waals surface area contributed by atoms with E-state index in [-0.39, 0.29) is 0 Å². The standard InChI is InChI=1S/C23H17FN6/c24-14-16-10-4-5-11-17(16)21-25-19-13-7-6-12-18(19)22(26-21)28-23-27-20(29-30-23)15-8-2-1-3-9-15/h1-13H,14H2,(H2,25,26,27,28,29,30). The number of aromatic nitrogens is 5. The van der Waals surface area contributed by atoms with Gasteiger partial charge in [-0.05, 0) is 17.7 Å². The van der Waals surface area contributed by atoms with Gasteiger partial charge in [0, 0.05) is 16.5 Å². The van der Waals surface area contributed by atoms with Gasteiger partial charge in [-0.15, -0.1) is 5.10 Å². The van der Waals surface area contributed by atoms with Crippen LogP contribution in [0.5, 0.6) is 0 Å². The monoisotopic (exact) mass is 396 g/mol. The zero-order chi connectivity index (χ0) is 20.3. The van der Waals surface area contributed by atoms with E-state index in [0.29, 0.717) is 34.5 Å². The predicted octanol–water partition coefficient (Wildman–Crippen LogP) is 5.30. The smallest absolute Gasteiger partial charge is 0.248 e. The van der Waals surface area contributed by atoms with Crippen LogP contribution in [0.3, 0.4) is 0 Å². The van der Waals surface area contributed by atoms with Crippen LogP contribution in [0.15, 0.2) is 78.9 Å². The summed E-state index contributed by atoms with van der Waals surface area (Å²) < 4.78 is 13.5. The minimum Gasteiger partial charge on any atom is -0.307 e. The SMILES string of the molecule is FCc1ccccc1-c1nc(Nc2n[nH]c(-c3ccccc3)n2)c2ccccc2n1. The molecule has 6 nitrogen and oxygen atoms in total. The number of hydrogen-bond donors (Lipinski definition) is 2. The summed E-state index contributed by atoms with van der Waals surface area (Å²) in [7, 11) is 0. The summed E-state index contributed by atoms with van der Waals surface area (Å²) in [6.45, 7) is -0.587. The highest BCUT2D eigenvalue weighted by Gasteiger charge is 2.14. The molecular weight excluding hydrogens is 379 g/mol. The molecule has 2 aromatic heterocycles. The zero-order valence-electron chi connectivity index (χ0n) is 15.9. The van der Waals surface area contributed by atoms with Gasteiger partial charge in [0.25, 0.3) is 0 Å². The van der Waals surface area contributed by atoms with Gasteiger partial charge >= 0.3 is 0 Å². The summed E-state index contributed by atoms with van der Waals surface area (Å²) in [5, 5.41) is 11.2. The maximum atomic E-state index is 13.5. The molecule has 0 atom stereocenters. The molecule has 2 N–H and O–H groups in total. The fourth-order valence-corrected chi connectivity index (χ4v) is 3.30. The molecule has 0 aliphatic carbocycles. The van der Waals surface area contributed by atoms with Crippen LogP contribution < -0.4 is 5.32 Å². The number of aromatic amines is 1. The van der Waals surface area contributed by atoms with Crippen molar-refractivity contribution in [2.45, 2.75) is 6.67 Å². The molecule has 0 saturated carbocycles. The number of rotatable bonds is 5. The van der Waals surface area contributed by atoms with Crippen molar-refractivity contribution in [3.05, 3.63) is 84.4 Å². The van der Waals surface area contributed by atoms with Crippen LogP contribution in [-0.4, -0.2) is 25.1 Å². The molecule has 146 valence electrons. The molecule has 0 aliphatic rings. The van der Waals surface area contributed by atoms with Crippen molar-refractivity contribution in [3.8, 4) is 22.8 Å². The second kappa shape index (κ2) is 7.71. The largest absolute Gasteiger partial charge is 0.307 e. The molecule has 0 fully saturated rings. The Morgan fingerprint density at radius 3 is 2.43 bits per heavy atom. The Bertz CT molecular complexity index is 1320. The maximum absolute atomic E-state index is 13.5. The lowest BCUT2D eigenvalue weighted by Crippen LogP contribution is -2.01. The van der Waals surface area contributed by atoms with E-state index in [1.165, 1.54) is 0 Å². The summed E-state index contributed by atoms with van der Waals surface area (Å²) in [5.74, 6) is 2.05. The Morgan fingerprint density at radius 1 is 0.800 bits per heavy atom. The van der Waals surface area contributed by atoms with Gasteiger partial charge in [-0.2, -0.15) is 4.98 Å². The van der Waals surface area contributed by atoms with Gasteiger partial charge in [-0.3, -0.25) is 5.10 Å². The van der Waals surface area contributed by atoms with E-state index >= 15 is 0 Å². The van der Waals surface area contributed by atoms with Gasteiger partial charge in [0.2, 0.25) is 5.95 Å². The Hall–Kier alpha value is -4.13. The van der Waals surface area contributed by atoms with E-state index in [4.69, 9.17) is 0 Å². The van der Waals surface area contributed by atoms with Gasteiger partial charge in [0.05, 0.1) is 5.52 Å². The van der Waals surface area contributed by atoms with Crippen LogP contribution in [0.25, 0.3) is 33.7 Å². The number of para-hydroxylation sites is 1. The Morgan fingerprint density at radius 2 is 1.57 bits per heavy atom. The van der Waals surface area contributed by atoms with Crippen LogP contribution in [0.4, 0.5) is 16.2 Å². The third-order valence-electron chi connectivity index (χ3n) is 4.77. The van der Waals surface area contributed by atoms with E-state index < -0.39 is 6.67 Å². The molecule has 0 radical (unpaired) electrons. The molecule has 30 heavy (non-hydrogen) atoms. The highest BCUT2D eigenvalue weighted by atomic mass is 19.1. The molecule has 7 heteroatoms. The quantitative estimate of drug-likeness (QED) is 0.422. The van der Waals surface area contributed by atoms with Gasteiger partial charge in [-0.1, -0.05) is 66.7 Å². The first-order valence-corrected chi connectivity index (χ1v) is 9.48. The number of fused-ring (bicyclic) bond motifs is 1. The third-order valence-corrected chi connectivity index (χ3v) is 4.77. The van der Waals surface area contributed by atoms with Gasteiger partial charge < -0.3 is 5.32 Å². The number of alkyl halides is 1. The van der Waals surface area contributed by atoms with Crippen molar-refractivity contribution in [2.75, 3.05) is 5.32 Å². The Kier molecular flexibility index (Phi) is 4.61. The molecule has 2 heterocycles. The van der Waals surface area contributed by atoms with E-state index in [2.05, 4.69) is 30.5 Å². The molecule has 0 saturated heterocycles. The van der Waals surface area contributed by atoms with Crippen molar-refractivity contribution in [2.24, 2.45) is 0 Å². The lowest BCUT2D eigenvalue weighted by atomic mass is 10.1. The third kappa shape index (κ3) is 3.37. The minimum absolute atomic E-state index is 0.391. The summed E-state index contributed by atoms with van der Waals surface area (Å²) in [5.41, 5.74) is 2.89. The molecule has 5 rings (SSSR count). The molecule has 0 amide bonds. The number of hydrogen-bond acceptors (Lipinski definition) is 5. The molecule has 0 spiro atoms. The normalized spacial score (nSPS) is 11.0. The Labute approximate surface area is 171 Å². The summed E-state index contributed by atoms with van der Waals surface area (Å²) in [4.78, 5) is 13.8. The lowest BCUT2D eigenvalue weighted by molar-refractivity contribution is 0.486. The molecule has 3 aromatic carbocycles. The average Bonchev–Trinajstić information content (AvgIpc) is 3.28. The highest BCUT2D eigenvalue weighted by molar-refractivity contribution is 5.92. The lowest BCUT2D eigenvalue weighted by Gasteiger charge is -2.10. The van der Waals surface area contributed by atoms with Crippen molar-refractivity contribution in [1.29, 1.82) is 0 Å². The zero-order valence-corrected chi connectivity index (χ0v) is 15.9. The van der Waals surface area contributed by atoms with E-state index in [1.54, 1.807) is 12.1 Å². The van der Waals surface area contributed by atoms with Crippen LogP contribution in [0, 0.1) is 0 Å². The molecule has 5 aromatic rings. The van der Waals surface area contributed by atoms with Gasteiger partial charge in [0.15, 0.2) is 11.6 Å². The molecular formula is C23H17FN6. The summed E-state index contributed by atoms with van der Waals surface area (Å²) in [6.07, 6.45) is 0. The topological polar surface area (TPSA) is 79.4 Å². The highest BCUT2D eigenvalue weighted by Crippen LogP contribution is 2.28. The molecule has 0 aliphatic heterocycles. The predicted molar refractivity (Wildman–Crippen MR) is 115 cm³/mol. The molecule has 0 unspecified atom stereocenters. The first kappa shape index (κ1) is 17.9. The maximum Gasteiger partial charge on any atom is 0.248 e. The van der Waals surface area contributed by atoms with E-state index in [9.17, 15) is 4.39 Å². The number of anilines is 2. The number of nitrogens with one attached hydrogen (secondary N) is 2. The number of benzene rings is 3. The van der Waals surface area contributed by atoms with E-state index in [1.807, 2.05) is 66.7 Å². The van der Waals surface area contributed by atoms with Crippen molar-refractivity contribution < 1.29 is 4.39 Å². The fraction of sp³-hybridized carbons (Fsp3) is 0.0435. The van der Waals surface area contributed by atoms with Crippen molar-refractivity contribution in [1.82, 2.24) is 25.1 Å². The minimum atomic E-state index is -0.587.